The van der Waals surface area contributed by atoms with Crippen LogP contribution >= 0.6 is 0 Å². The standard InChI is InChI=1S/C23H22N2O3S/c1-18-12-14-21(15-13-18)29(27,28)25-17-16-24(22(25)19-8-4-2-5-9-19)23(26)20-10-6-3-7-11-20/h2-15,22H,16-17H2,1H3/t22-/m0/s1. The summed E-state index contributed by atoms with van der Waals surface area (Å²) < 4.78 is 28.3. The lowest BCUT2D eigenvalue weighted by Gasteiger charge is -2.30. The highest BCUT2D eigenvalue weighted by molar-refractivity contribution is 7.89. The number of nitrogens with zero attached hydrogens (tertiary/aromatic N) is 2. The molecule has 1 aliphatic heterocycles. The van der Waals surface area contributed by atoms with Crippen molar-refractivity contribution in [2.24, 2.45) is 0 Å². The van der Waals surface area contributed by atoms with Crippen molar-refractivity contribution < 1.29 is 13.2 Å². The van der Waals surface area contributed by atoms with Crippen LogP contribution in [0.1, 0.15) is 27.7 Å². The van der Waals surface area contributed by atoms with Crippen molar-refractivity contribution in [2.45, 2.75) is 18.0 Å². The Balaban J connectivity index is 1.76. The van der Waals surface area contributed by atoms with E-state index in [1.807, 2.05) is 55.5 Å². The molecule has 0 spiro atoms. The lowest BCUT2D eigenvalue weighted by atomic mass is 10.1. The van der Waals surface area contributed by atoms with E-state index in [4.69, 9.17) is 0 Å². The normalized spacial score (nSPS) is 17.4. The van der Waals surface area contributed by atoms with E-state index in [9.17, 15) is 13.2 Å². The van der Waals surface area contributed by atoms with Crippen molar-refractivity contribution in [3.05, 3.63) is 102 Å². The van der Waals surface area contributed by atoms with Gasteiger partial charge in [0.05, 0.1) is 4.90 Å². The van der Waals surface area contributed by atoms with E-state index in [2.05, 4.69) is 0 Å². The molecule has 1 heterocycles. The van der Waals surface area contributed by atoms with E-state index in [0.717, 1.165) is 11.1 Å². The Morgan fingerprint density at radius 3 is 2.03 bits per heavy atom. The van der Waals surface area contributed by atoms with Crippen LogP contribution in [0.3, 0.4) is 0 Å². The number of hydrogen-bond donors (Lipinski definition) is 0. The molecule has 0 aliphatic carbocycles. The fourth-order valence-corrected chi connectivity index (χ4v) is 5.21. The monoisotopic (exact) mass is 406 g/mol. The van der Waals surface area contributed by atoms with E-state index in [1.165, 1.54) is 4.31 Å². The maximum atomic E-state index is 13.4. The minimum Gasteiger partial charge on any atom is -0.316 e. The van der Waals surface area contributed by atoms with Gasteiger partial charge in [-0.15, -0.1) is 0 Å². The van der Waals surface area contributed by atoms with Gasteiger partial charge in [0, 0.05) is 18.7 Å². The summed E-state index contributed by atoms with van der Waals surface area (Å²) in [5.74, 6) is -0.180. The van der Waals surface area contributed by atoms with Crippen LogP contribution in [-0.4, -0.2) is 36.6 Å². The third kappa shape index (κ3) is 3.69. The molecule has 1 fully saturated rings. The predicted octanol–water partition coefficient (Wildman–Crippen LogP) is 3.84. The summed E-state index contributed by atoms with van der Waals surface area (Å²) in [7, 11) is -3.76. The molecule has 0 aromatic heterocycles. The molecule has 6 heteroatoms. The minimum atomic E-state index is -3.76. The molecule has 1 amide bonds. The lowest BCUT2D eigenvalue weighted by molar-refractivity contribution is 0.0693. The van der Waals surface area contributed by atoms with Crippen LogP contribution in [-0.2, 0) is 10.0 Å². The number of hydrogen-bond acceptors (Lipinski definition) is 3. The summed E-state index contributed by atoms with van der Waals surface area (Å²) in [5.41, 5.74) is 2.30. The van der Waals surface area contributed by atoms with Gasteiger partial charge in [-0.2, -0.15) is 4.31 Å². The highest BCUT2D eigenvalue weighted by Crippen LogP contribution is 2.35. The quantitative estimate of drug-likeness (QED) is 0.661. The highest BCUT2D eigenvalue weighted by atomic mass is 32.2. The zero-order valence-electron chi connectivity index (χ0n) is 16.1. The van der Waals surface area contributed by atoms with E-state index < -0.39 is 16.2 Å². The Morgan fingerprint density at radius 2 is 1.41 bits per heavy atom. The zero-order valence-corrected chi connectivity index (χ0v) is 16.9. The molecule has 1 saturated heterocycles. The third-order valence-electron chi connectivity index (χ3n) is 5.14. The van der Waals surface area contributed by atoms with Gasteiger partial charge in [0.1, 0.15) is 6.17 Å². The second kappa shape index (κ2) is 7.81. The van der Waals surface area contributed by atoms with Gasteiger partial charge in [0.15, 0.2) is 0 Å². The molecular formula is C23H22N2O3S. The molecule has 0 bridgehead atoms. The van der Waals surface area contributed by atoms with Crippen molar-refractivity contribution in [1.82, 2.24) is 9.21 Å². The number of amides is 1. The molecule has 29 heavy (non-hydrogen) atoms. The van der Waals surface area contributed by atoms with Gasteiger partial charge < -0.3 is 4.90 Å². The van der Waals surface area contributed by atoms with Crippen molar-refractivity contribution in [1.29, 1.82) is 0 Å². The fourth-order valence-electron chi connectivity index (χ4n) is 3.63. The molecule has 1 aliphatic rings. The Morgan fingerprint density at radius 1 is 0.828 bits per heavy atom. The number of carbonyl (C=O) groups is 1. The van der Waals surface area contributed by atoms with Crippen molar-refractivity contribution in [3.8, 4) is 0 Å². The topological polar surface area (TPSA) is 57.7 Å². The molecule has 3 aromatic carbocycles. The average Bonchev–Trinajstić information content (AvgIpc) is 3.21. The third-order valence-corrected chi connectivity index (χ3v) is 7.00. The first-order chi connectivity index (χ1) is 14.0. The number of benzene rings is 3. The Labute approximate surface area is 171 Å². The summed E-state index contributed by atoms with van der Waals surface area (Å²) in [6.07, 6.45) is -0.685. The summed E-state index contributed by atoms with van der Waals surface area (Å²) in [5, 5.41) is 0. The smallest absolute Gasteiger partial charge is 0.255 e. The number of sulfonamides is 1. The average molecular weight is 407 g/mol. The van der Waals surface area contributed by atoms with Gasteiger partial charge in [0.2, 0.25) is 10.0 Å². The molecule has 0 unspecified atom stereocenters. The van der Waals surface area contributed by atoms with Crippen LogP contribution in [0.4, 0.5) is 0 Å². The molecule has 0 N–H and O–H groups in total. The summed E-state index contributed by atoms with van der Waals surface area (Å²) in [6.45, 7) is 2.49. The van der Waals surface area contributed by atoms with Crippen LogP contribution in [0, 0.1) is 6.92 Å². The van der Waals surface area contributed by atoms with Crippen LogP contribution in [0.5, 0.6) is 0 Å². The van der Waals surface area contributed by atoms with Gasteiger partial charge in [-0.05, 0) is 36.8 Å². The van der Waals surface area contributed by atoms with Crippen molar-refractivity contribution in [2.75, 3.05) is 13.1 Å². The van der Waals surface area contributed by atoms with Crippen LogP contribution in [0.25, 0.3) is 0 Å². The molecule has 1 atom stereocenters. The molecular weight excluding hydrogens is 384 g/mol. The SMILES string of the molecule is Cc1ccc(S(=O)(=O)N2CCN(C(=O)c3ccccc3)[C@@H]2c2ccccc2)cc1. The molecule has 0 radical (unpaired) electrons. The van der Waals surface area contributed by atoms with Crippen molar-refractivity contribution in [3.63, 3.8) is 0 Å². The summed E-state index contributed by atoms with van der Waals surface area (Å²) in [4.78, 5) is 15.1. The van der Waals surface area contributed by atoms with Gasteiger partial charge in [-0.3, -0.25) is 4.79 Å². The molecule has 148 valence electrons. The van der Waals surface area contributed by atoms with Crippen LogP contribution < -0.4 is 0 Å². The zero-order chi connectivity index (χ0) is 20.4. The second-order valence-electron chi connectivity index (χ2n) is 7.08. The van der Waals surface area contributed by atoms with Gasteiger partial charge in [0.25, 0.3) is 5.91 Å². The number of aryl methyl sites for hydroxylation is 1. The first-order valence-corrected chi connectivity index (χ1v) is 10.9. The van der Waals surface area contributed by atoms with Gasteiger partial charge in [-0.25, -0.2) is 8.42 Å². The Kier molecular flexibility index (Phi) is 5.22. The maximum absolute atomic E-state index is 13.4. The molecule has 0 saturated carbocycles. The minimum absolute atomic E-state index is 0.180. The van der Waals surface area contributed by atoms with Crippen LogP contribution in [0.15, 0.2) is 89.8 Å². The first-order valence-electron chi connectivity index (χ1n) is 9.48. The Bertz CT molecular complexity index is 1100. The first kappa shape index (κ1) is 19.4. The molecule has 4 rings (SSSR count). The predicted molar refractivity (Wildman–Crippen MR) is 112 cm³/mol. The largest absolute Gasteiger partial charge is 0.316 e. The van der Waals surface area contributed by atoms with E-state index in [0.29, 0.717) is 12.1 Å². The molecule has 5 nitrogen and oxygen atoms in total. The van der Waals surface area contributed by atoms with E-state index in [-0.39, 0.29) is 17.3 Å². The lowest BCUT2D eigenvalue weighted by Crippen LogP contribution is -2.38. The van der Waals surface area contributed by atoms with E-state index >= 15 is 0 Å². The molecule has 3 aromatic rings. The maximum Gasteiger partial charge on any atom is 0.255 e. The van der Waals surface area contributed by atoms with Crippen LogP contribution in [0.2, 0.25) is 0 Å². The van der Waals surface area contributed by atoms with Gasteiger partial charge >= 0.3 is 0 Å². The van der Waals surface area contributed by atoms with Crippen molar-refractivity contribution >= 4 is 15.9 Å². The van der Waals surface area contributed by atoms with E-state index in [1.54, 1.807) is 41.3 Å². The summed E-state index contributed by atoms with van der Waals surface area (Å²) >= 11 is 0. The highest BCUT2D eigenvalue weighted by Gasteiger charge is 2.43. The van der Waals surface area contributed by atoms with Gasteiger partial charge in [-0.1, -0.05) is 66.2 Å². The fraction of sp³-hybridized carbons (Fsp3) is 0.174. The second-order valence-corrected chi connectivity index (χ2v) is 8.97. The number of carbonyl (C=O) groups excluding carboxylic acids is 1. The summed E-state index contributed by atoms with van der Waals surface area (Å²) in [6, 6.07) is 25.1. The Hall–Kier alpha value is -2.96. The number of rotatable bonds is 4.